The summed E-state index contributed by atoms with van der Waals surface area (Å²) in [5.41, 5.74) is 0. The average Bonchev–Trinajstić information content (AvgIpc) is 2.94. The van der Waals surface area contributed by atoms with Crippen LogP contribution in [0.25, 0.3) is 0 Å². The fourth-order valence-electron chi connectivity index (χ4n) is 4.53. The maximum atomic E-state index is 12.2. The molecule has 1 unspecified atom stereocenters. The van der Waals surface area contributed by atoms with Gasteiger partial charge in [0.2, 0.25) is 0 Å². The smallest absolute Gasteiger partial charge is 0.469 e. The lowest BCUT2D eigenvalue weighted by atomic mass is 10.0. The van der Waals surface area contributed by atoms with E-state index in [1.807, 2.05) is 0 Å². The number of aliphatic carboxylic acids is 1. The van der Waals surface area contributed by atoms with Gasteiger partial charge in [-0.05, 0) is 25.3 Å². The molecule has 0 rings (SSSR count). The predicted molar refractivity (Wildman–Crippen MR) is 164 cm³/mol. The molecule has 12 heteroatoms. The van der Waals surface area contributed by atoms with E-state index in [1.165, 1.54) is 63.9 Å². The molecule has 0 heterocycles. The van der Waals surface area contributed by atoms with E-state index in [1.54, 1.807) is 0 Å². The number of unbranched alkanes of at least 4 members (excludes halogenated alkanes) is 16. The molecule has 0 radical (unpaired) electrons. The van der Waals surface area contributed by atoms with Crippen molar-refractivity contribution < 1.29 is 52.9 Å². The van der Waals surface area contributed by atoms with E-state index in [0.29, 0.717) is 25.7 Å². The van der Waals surface area contributed by atoms with Crippen LogP contribution in [-0.4, -0.2) is 63.3 Å². The number of hydrogen-bond acceptors (Lipinski definition) is 8. The van der Waals surface area contributed by atoms with Gasteiger partial charge in [0.15, 0.2) is 6.10 Å². The maximum Gasteiger partial charge on any atom is 0.469 e. The number of rotatable bonds is 30. The molecule has 0 saturated carbocycles. The van der Waals surface area contributed by atoms with Gasteiger partial charge in [-0.15, -0.1) is 0 Å². The van der Waals surface area contributed by atoms with Crippen LogP contribution in [0.5, 0.6) is 0 Å². The predicted octanol–water partition coefficient (Wildman–Crippen LogP) is 6.76. The lowest BCUT2D eigenvalue weighted by Gasteiger charge is -2.18. The third-order valence-electron chi connectivity index (χ3n) is 6.98. The Hall–Kier alpha value is -1.78. The Morgan fingerprint density at radius 3 is 1.65 bits per heavy atom. The molecule has 4 N–H and O–H groups in total. The number of phosphoric ester groups is 1. The highest BCUT2D eigenvalue weighted by Crippen LogP contribution is 2.36. The van der Waals surface area contributed by atoms with Crippen molar-refractivity contribution >= 4 is 25.7 Å². The topological polar surface area (TPSA) is 177 Å². The van der Waals surface area contributed by atoms with Crippen molar-refractivity contribution in [3.05, 3.63) is 12.2 Å². The minimum Gasteiger partial charge on any atom is -0.478 e. The molecule has 252 valence electrons. The number of ether oxygens (including phenoxy) is 2. The number of carboxylic acid groups (broad SMARTS) is 1. The lowest BCUT2D eigenvalue weighted by molar-refractivity contribution is -0.161. The van der Waals surface area contributed by atoms with E-state index in [2.05, 4.69) is 11.4 Å². The van der Waals surface area contributed by atoms with Crippen LogP contribution < -0.4 is 0 Å². The molecule has 0 fully saturated rings. The molecule has 0 saturated heterocycles. The van der Waals surface area contributed by atoms with Crippen LogP contribution >= 0.6 is 7.82 Å². The average molecular weight is 637 g/mol. The van der Waals surface area contributed by atoms with E-state index < -0.39 is 44.5 Å². The van der Waals surface area contributed by atoms with Crippen molar-refractivity contribution in [1.82, 2.24) is 0 Å². The van der Waals surface area contributed by atoms with Crippen molar-refractivity contribution in [2.45, 2.75) is 154 Å². The SMILES string of the molecule is CCCCCCCCCCCCCCCC(=O)OC[C@H](COP(=O)(O)O)OC(=O)CCCCCCCC(O)/C=C/C(=O)O. The van der Waals surface area contributed by atoms with E-state index >= 15 is 0 Å². The van der Waals surface area contributed by atoms with Gasteiger partial charge in [0, 0.05) is 18.9 Å². The molecular formula is C31H57O11P. The van der Waals surface area contributed by atoms with E-state index in [0.717, 1.165) is 44.6 Å². The molecular weight excluding hydrogens is 579 g/mol. The highest BCUT2D eigenvalue weighted by atomic mass is 31.2. The number of aliphatic hydroxyl groups excluding tert-OH is 1. The summed E-state index contributed by atoms with van der Waals surface area (Å²) >= 11 is 0. The molecule has 0 aromatic carbocycles. The van der Waals surface area contributed by atoms with Gasteiger partial charge in [-0.25, -0.2) is 9.36 Å². The second-order valence-electron chi connectivity index (χ2n) is 11.1. The van der Waals surface area contributed by atoms with Gasteiger partial charge in [0.25, 0.3) is 0 Å². The largest absolute Gasteiger partial charge is 0.478 e. The summed E-state index contributed by atoms with van der Waals surface area (Å²) in [5, 5.41) is 18.2. The van der Waals surface area contributed by atoms with Gasteiger partial charge >= 0.3 is 25.7 Å². The van der Waals surface area contributed by atoms with Crippen LogP contribution in [-0.2, 0) is 32.9 Å². The summed E-state index contributed by atoms with van der Waals surface area (Å²) in [5.74, 6) is -2.14. The van der Waals surface area contributed by atoms with Crippen molar-refractivity contribution in [1.29, 1.82) is 0 Å². The van der Waals surface area contributed by atoms with Gasteiger partial charge in [0.1, 0.15) is 6.61 Å². The lowest BCUT2D eigenvalue weighted by Crippen LogP contribution is -2.29. The first-order chi connectivity index (χ1) is 20.5. The second kappa shape index (κ2) is 27.7. The Bertz CT molecular complexity index is 797. The highest BCUT2D eigenvalue weighted by Gasteiger charge is 2.22. The monoisotopic (exact) mass is 636 g/mol. The van der Waals surface area contributed by atoms with Crippen molar-refractivity contribution in [3.8, 4) is 0 Å². The summed E-state index contributed by atoms with van der Waals surface area (Å²) in [7, 11) is -4.79. The molecule has 0 aliphatic rings. The van der Waals surface area contributed by atoms with Crippen LogP contribution in [0.1, 0.15) is 142 Å². The molecule has 0 aliphatic heterocycles. The van der Waals surface area contributed by atoms with E-state index in [4.69, 9.17) is 24.4 Å². The van der Waals surface area contributed by atoms with Crippen LogP contribution in [0.15, 0.2) is 12.2 Å². The molecule has 43 heavy (non-hydrogen) atoms. The fourth-order valence-corrected chi connectivity index (χ4v) is 4.89. The van der Waals surface area contributed by atoms with Crippen molar-refractivity contribution in [2.24, 2.45) is 0 Å². The molecule has 0 spiro atoms. The zero-order valence-corrected chi connectivity index (χ0v) is 27.1. The fraction of sp³-hybridized carbons (Fsp3) is 0.839. The molecule has 0 aromatic heterocycles. The number of carbonyl (C=O) groups excluding carboxylic acids is 2. The second-order valence-corrected chi connectivity index (χ2v) is 12.4. The first-order valence-corrected chi connectivity index (χ1v) is 17.7. The van der Waals surface area contributed by atoms with Crippen LogP contribution in [0.4, 0.5) is 0 Å². The van der Waals surface area contributed by atoms with Crippen LogP contribution in [0, 0.1) is 0 Å². The molecule has 2 atom stereocenters. The van der Waals surface area contributed by atoms with Gasteiger partial charge in [-0.3, -0.25) is 14.1 Å². The molecule has 0 bridgehead atoms. The van der Waals surface area contributed by atoms with Gasteiger partial charge in [-0.2, -0.15) is 0 Å². The number of phosphoric acid groups is 1. The molecule has 11 nitrogen and oxygen atoms in total. The summed E-state index contributed by atoms with van der Waals surface area (Å²) in [6.45, 7) is 1.29. The van der Waals surface area contributed by atoms with Crippen LogP contribution in [0.2, 0.25) is 0 Å². The van der Waals surface area contributed by atoms with Crippen LogP contribution in [0.3, 0.4) is 0 Å². The summed E-state index contributed by atoms with van der Waals surface area (Å²) in [6.07, 6.45) is 20.1. The van der Waals surface area contributed by atoms with Gasteiger partial charge in [0.05, 0.1) is 12.7 Å². The number of aliphatic hydroxyl groups is 1. The first-order valence-electron chi connectivity index (χ1n) is 16.2. The van der Waals surface area contributed by atoms with Gasteiger partial charge < -0.3 is 29.5 Å². The first kappa shape index (κ1) is 41.2. The summed E-state index contributed by atoms with van der Waals surface area (Å²) < 4.78 is 26.0. The molecule has 0 aliphatic carbocycles. The Balaban J connectivity index is 4.06. The highest BCUT2D eigenvalue weighted by molar-refractivity contribution is 7.46. The number of hydrogen-bond donors (Lipinski definition) is 4. The van der Waals surface area contributed by atoms with Gasteiger partial charge in [-0.1, -0.05) is 110 Å². The van der Waals surface area contributed by atoms with E-state index in [9.17, 15) is 24.1 Å². The number of esters is 2. The summed E-state index contributed by atoms with van der Waals surface area (Å²) in [6, 6.07) is 0. The minimum absolute atomic E-state index is 0.0866. The normalized spacial score (nSPS) is 13.2. The zero-order valence-electron chi connectivity index (χ0n) is 26.2. The minimum atomic E-state index is -4.79. The molecule has 0 aromatic rings. The van der Waals surface area contributed by atoms with Crippen molar-refractivity contribution in [3.63, 3.8) is 0 Å². The standard InChI is InChI=1S/C31H57O11P/c1-2-3-4-5-6-7-8-9-10-11-12-15-18-21-30(35)40-25-28(26-41-43(37,38)39)42-31(36)22-19-16-13-14-17-20-27(32)23-24-29(33)34/h23-24,27-28,32H,2-22,25-26H2,1H3,(H,33,34)(H2,37,38,39)/b24-23+/t27?,28-/m1/s1. The maximum absolute atomic E-state index is 12.2. The quantitative estimate of drug-likeness (QED) is 0.0283. The summed E-state index contributed by atoms with van der Waals surface area (Å²) in [4.78, 5) is 52.8. The Morgan fingerprint density at radius 2 is 1.16 bits per heavy atom. The Labute approximate surface area is 258 Å². The van der Waals surface area contributed by atoms with E-state index in [-0.39, 0.29) is 19.4 Å². The Morgan fingerprint density at radius 1 is 0.698 bits per heavy atom. The molecule has 0 amide bonds. The Kier molecular flexibility index (Phi) is 26.6. The van der Waals surface area contributed by atoms with Crippen molar-refractivity contribution in [2.75, 3.05) is 13.2 Å². The zero-order chi connectivity index (χ0) is 32.2. The third-order valence-corrected chi connectivity index (χ3v) is 7.47. The number of carboxylic acids is 1. The third kappa shape index (κ3) is 31.5. The number of carbonyl (C=O) groups is 3.